The van der Waals surface area contributed by atoms with Gasteiger partial charge in [-0.1, -0.05) is 28.1 Å². The molecule has 0 radical (unpaired) electrons. The molecule has 0 atom stereocenters. The number of halogens is 1. The molecule has 0 spiro atoms. The summed E-state index contributed by atoms with van der Waals surface area (Å²) in [6, 6.07) is 12.4. The molecule has 0 aliphatic carbocycles. The maximum atomic E-state index is 12.3. The van der Waals surface area contributed by atoms with E-state index in [9.17, 15) is 9.59 Å². The molecule has 1 aliphatic heterocycles. The zero-order valence-corrected chi connectivity index (χ0v) is 11.8. The zero-order chi connectivity index (χ0) is 13.6. The maximum Gasteiger partial charge on any atom is 0.266 e. The van der Waals surface area contributed by atoms with E-state index in [4.69, 9.17) is 0 Å². The van der Waals surface area contributed by atoms with Crippen LogP contribution in [0.25, 0.3) is 0 Å². The normalized spacial score (nSPS) is 13.9. The SMILES string of the molecule is Cc1cc(Br)ccc1N1C(=O)c2ccccc2C1=O. The van der Waals surface area contributed by atoms with Gasteiger partial charge >= 0.3 is 0 Å². The number of carbonyl (C=O) groups is 2. The lowest BCUT2D eigenvalue weighted by molar-refractivity contribution is 0.0926. The van der Waals surface area contributed by atoms with Crippen LogP contribution < -0.4 is 4.90 Å². The van der Waals surface area contributed by atoms with Gasteiger partial charge in [-0.05, 0) is 42.8 Å². The Bertz CT molecular complexity index is 674. The fourth-order valence-corrected chi connectivity index (χ4v) is 2.75. The first-order valence-corrected chi connectivity index (χ1v) is 6.63. The van der Waals surface area contributed by atoms with Crippen molar-refractivity contribution in [3.05, 3.63) is 63.6 Å². The highest BCUT2D eigenvalue weighted by atomic mass is 79.9. The van der Waals surface area contributed by atoms with Gasteiger partial charge in [-0.3, -0.25) is 9.59 Å². The van der Waals surface area contributed by atoms with Crippen LogP contribution in [-0.2, 0) is 0 Å². The largest absolute Gasteiger partial charge is 0.268 e. The molecule has 0 aromatic heterocycles. The molecule has 1 aliphatic rings. The van der Waals surface area contributed by atoms with Gasteiger partial charge in [-0.2, -0.15) is 0 Å². The van der Waals surface area contributed by atoms with Gasteiger partial charge < -0.3 is 0 Å². The van der Waals surface area contributed by atoms with Crippen molar-refractivity contribution in [3.63, 3.8) is 0 Å². The Kier molecular flexibility index (Phi) is 2.75. The third kappa shape index (κ3) is 1.79. The highest BCUT2D eigenvalue weighted by molar-refractivity contribution is 9.10. The number of hydrogen-bond donors (Lipinski definition) is 0. The van der Waals surface area contributed by atoms with Crippen molar-refractivity contribution in [1.82, 2.24) is 0 Å². The van der Waals surface area contributed by atoms with Crippen LogP contribution in [0.3, 0.4) is 0 Å². The highest BCUT2D eigenvalue weighted by Crippen LogP contribution is 2.31. The molecule has 2 amide bonds. The first-order chi connectivity index (χ1) is 9.09. The number of aryl methyl sites for hydroxylation is 1. The summed E-state index contributed by atoms with van der Waals surface area (Å²) >= 11 is 3.38. The second kappa shape index (κ2) is 4.31. The number of amides is 2. The van der Waals surface area contributed by atoms with Crippen LogP contribution in [0.5, 0.6) is 0 Å². The molecule has 0 saturated heterocycles. The van der Waals surface area contributed by atoms with Gasteiger partial charge in [-0.15, -0.1) is 0 Å². The van der Waals surface area contributed by atoms with E-state index in [1.54, 1.807) is 30.3 Å². The number of anilines is 1. The number of imide groups is 1. The van der Waals surface area contributed by atoms with Gasteiger partial charge in [0.25, 0.3) is 11.8 Å². The minimum absolute atomic E-state index is 0.258. The molecule has 0 bridgehead atoms. The van der Waals surface area contributed by atoms with Gasteiger partial charge in [-0.25, -0.2) is 4.90 Å². The van der Waals surface area contributed by atoms with E-state index in [-0.39, 0.29) is 11.8 Å². The predicted molar refractivity (Wildman–Crippen MR) is 76.5 cm³/mol. The quantitative estimate of drug-likeness (QED) is 0.755. The molecule has 0 saturated carbocycles. The van der Waals surface area contributed by atoms with Crippen LogP contribution in [0.15, 0.2) is 46.9 Å². The number of nitrogens with zero attached hydrogens (tertiary/aromatic N) is 1. The molecule has 19 heavy (non-hydrogen) atoms. The molecular weight excluding hydrogens is 306 g/mol. The Balaban J connectivity index is 2.14. The van der Waals surface area contributed by atoms with E-state index in [0.717, 1.165) is 10.0 Å². The summed E-state index contributed by atoms with van der Waals surface area (Å²) in [4.78, 5) is 25.9. The fourth-order valence-electron chi connectivity index (χ4n) is 2.28. The third-order valence-corrected chi connectivity index (χ3v) is 3.69. The summed E-state index contributed by atoms with van der Waals surface area (Å²) in [5, 5.41) is 0. The molecule has 0 N–H and O–H groups in total. The Morgan fingerprint density at radius 1 is 0.947 bits per heavy atom. The van der Waals surface area contributed by atoms with Crippen molar-refractivity contribution >= 4 is 33.4 Å². The van der Waals surface area contributed by atoms with Crippen LogP contribution in [0, 0.1) is 6.92 Å². The number of carbonyl (C=O) groups excluding carboxylic acids is 2. The molecule has 4 heteroatoms. The first-order valence-electron chi connectivity index (χ1n) is 5.83. The number of rotatable bonds is 1. The van der Waals surface area contributed by atoms with E-state index < -0.39 is 0 Å². The van der Waals surface area contributed by atoms with Crippen molar-refractivity contribution in [1.29, 1.82) is 0 Å². The highest BCUT2D eigenvalue weighted by Gasteiger charge is 2.36. The summed E-state index contributed by atoms with van der Waals surface area (Å²) in [5.41, 5.74) is 2.45. The summed E-state index contributed by atoms with van der Waals surface area (Å²) < 4.78 is 0.922. The average molecular weight is 316 g/mol. The molecule has 0 unspecified atom stereocenters. The van der Waals surface area contributed by atoms with Crippen molar-refractivity contribution in [2.45, 2.75) is 6.92 Å². The lowest BCUT2D eigenvalue weighted by Gasteiger charge is -2.16. The maximum absolute atomic E-state index is 12.3. The van der Waals surface area contributed by atoms with E-state index in [2.05, 4.69) is 15.9 Å². The number of hydrogen-bond acceptors (Lipinski definition) is 2. The molecule has 0 fully saturated rings. The molecule has 1 heterocycles. The van der Waals surface area contributed by atoms with Gasteiger partial charge in [0.2, 0.25) is 0 Å². The summed E-state index contributed by atoms with van der Waals surface area (Å²) in [7, 11) is 0. The third-order valence-electron chi connectivity index (χ3n) is 3.19. The van der Waals surface area contributed by atoms with Crippen LogP contribution in [0.1, 0.15) is 26.3 Å². The summed E-state index contributed by atoms with van der Waals surface area (Å²) in [6.45, 7) is 1.88. The molecular formula is C15H10BrNO2. The number of fused-ring (bicyclic) bond motifs is 1. The lowest BCUT2D eigenvalue weighted by Crippen LogP contribution is -2.29. The minimum Gasteiger partial charge on any atom is -0.268 e. The summed E-state index contributed by atoms with van der Waals surface area (Å²) in [5.74, 6) is -0.517. The zero-order valence-electron chi connectivity index (χ0n) is 10.2. The van der Waals surface area contributed by atoms with E-state index in [0.29, 0.717) is 16.8 Å². The van der Waals surface area contributed by atoms with Crippen molar-refractivity contribution in [2.24, 2.45) is 0 Å². The van der Waals surface area contributed by atoms with Gasteiger partial charge in [0, 0.05) is 4.47 Å². The Labute approximate surface area is 119 Å². The smallest absolute Gasteiger partial charge is 0.266 e. The van der Waals surface area contributed by atoms with Crippen LogP contribution in [-0.4, -0.2) is 11.8 Å². The Morgan fingerprint density at radius 3 is 2.05 bits per heavy atom. The molecule has 2 aromatic rings. The minimum atomic E-state index is -0.258. The van der Waals surface area contributed by atoms with E-state index in [1.165, 1.54) is 4.90 Å². The van der Waals surface area contributed by atoms with E-state index in [1.807, 2.05) is 19.1 Å². The molecule has 3 rings (SSSR count). The average Bonchev–Trinajstić information content (AvgIpc) is 2.64. The lowest BCUT2D eigenvalue weighted by atomic mass is 10.1. The fraction of sp³-hybridized carbons (Fsp3) is 0.0667. The second-order valence-corrected chi connectivity index (χ2v) is 5.34. The first kappa shape index (κ1) is 12.1. The van der Waals surface area contributed by atoms with Crippen molar-refractivity contribution < 1.29 is 9.59 Å². The van der Waals surface area contributed by atoms with Gasteiger partial charge in [0.15, 0.2) is 0 Å². The molecule has 2 aromatic carbocycles. The number of benzene rings is 2. The predicted octanol–water partition coefficient (Wildman–Crippen LogP) is 3.56. The van der Waals surface area contributed by atoms with E-state index >= 15 is 0 Å². The van der Waals surface area contributed by atoms with Crippen molar-refractivity contribution in [3.8, 4) is 0 Å². The topological polar surface area (TPSA) is 37.4 Å². The standard InChI is InChI=1S/C15H10BrNO2/c1-9-8-10(16)6-7-13(9)17-14(18)11-4-2-3-5-12(11)15(17)19/h2-8H,1H3. The van der Waals surface area contributed by atoms with Crippen LogP contribution >= 0.6 is 15.9 Å². The van der Waals surface area contributed by atoms with Crippen LogP contribution in [0.4, 0.5) is 5.69 Å². The Hall–Kier alpha value is -1.94. The van der Waals surface area contributed by atoms with Crippen molar-refractivity contribution in [2.75, 3.05) is 4.90 Å². The Morgan fingerprint density at radius 2 is 1.53 bits per heavy atom. The summed E-state index contributed by atoms with van der Waals surface area (Å²) in [6.07, 6.45) is 0. The second-order valence-electron chi connectivity index (χ2n) is 4.42. The molecule has 94 valence electrons. The van der Waals surface area contributed by atoms with Crippen LogP contribution in [0.2, 0.25) is 0 Å². The van der Waals surface area contributed by atoms with Gasteiger partial charge in [0.1, 0.15) is 0 Å². The monoisotopic (exact) mass is 315 g/mol. The molecule has 3 nitrogen and oxygen atoms in total. The van der Waals surface area contributed by atoms with Gasteiger partial charge in [0.05, 0.1) is 16.8 Å².